The van der Waals surface area contributed by atoms with Crippen LogP contribution < -0.4 is 5.73 Å². The third-order valence-corrected chi connectivity index (χ3v) is 5.79. The number of nitrogen functional groups attached to an aromatic ring is 1. The third-order valence-electron chi connectivity index (χ3n) is 3.36. The van der Waals surface area contributed by atoms with Gasteiger partial charge in [-0.25, -0.2) is 17.8 Å². The van der Waals surface area contributed by atoms with Gasteiger partial charge in [-0.1, -0.05) is 11.6 Å². The summed E-state index contributed by atoms with van der Waals surface area (Å²) in [5.74, 6) is -0.468. The first-order valence-corrected chi connectivity index (χ1v) is 8.10. The summed E-state index contributed by atoms with van der Waals surface area (Å²) >= 11 is 5.75. The Hall–Kier alpha value is -1.34. The van der Waals surface area contributed by atoms with Crippen molar-refractivity contribution in [2.24, 2.45) is 0 Å². The fraction of sp³-hybridized carbons (Fsp3) is 0.417. The van der Waals surface area contributed by atoms with Gasteiger partial charge in [0.1, 0.15) is 5.82 Å². The number of nitrogens with zero attached hydrogens (tertiary/aromatic N) is 2. The SMILES string of the molecule is CC(C)(Cn1c(N)nc2cc(F)c(Cl)cc21)S(C)(=O)=O. The second kappa shape index (κ2) is 4.60. The molecule has 2 N–H and O–H groups in total. The van der Waals surface area contributed by atoms with Crippen LogP contribution in [0.2, 0.25) is 5.02 Å². The summed E-state index contributed by atoms with van der Waals surface area (Å²) in [6.45, 7) is 3.30. The monoisotopic (exact) mass is 319 g/mol. The number of rotatable bonds is 3. The average molecular weight is 320 g/mol. The van der Waals surface area contributed by atoms with Gasteiger partial charge >= 0.3 is 0 Å². The van der Waals surface area contributed by atoms with E-state index in [-0.39, 0.29) is 17.5 Å². The van der Waals surface area contributed by atoms with Crippen molar-refractivity contribution in [3.63, 3.8) is 0 Å². The molecule has 110 valence electrons. The van der Waals surface area contributed by atoms with Gasteiger partial charge in [0.15, 0.2) is 9.84 Å². The molecule has 0 aliphatic heterocycles. The molecule has 0 saturated carbocycles. The highest BCUT2D eigenvalue weighted by atomic mass is 35.5. The fourth-order valence-corrected chi connectivity index (χ4v) is 2.32. The summed E-state index contributed by atoms with van der Waals surface area (Å²) < 4.78 is 37.5. The van der Waals surface area contributed by atoms with E-state index in [4.69, 9.17) is 17.3 Å². The molecule has 20 heavy (non-hydrogen) atoms. The number of hydrogen-bond donors (Lipinski definition) is 1. The molecule has 2 aromatic rings. The lowest BCUT2D eigenvalue weighted by atomic mass is 10.2. The molecule has 0 fully saturated rings. The maximum absolute atomic E-state index is 13.4. The van der Waals surface area contributed by atoms with E-state index in [2.05, 4.69) is 4.98 Å². The first kappa shape index (κ1) is 15.1. The molecular formula is C12H15ClFN3O2S. The summed E-state index contributed by atoms with van der Waals surface area (Å²) in [4.78, 5) is 4.03. The topological polar surface area (TPSA) is 78.0 Å². The van der Waals surface area contributed by atoms with Crippen LogP contribution in [0.1, 0.15) is 13.8 Å². The van der Waals surface area contributed by atoms with E-state index in [9.17, 15) is 12.8 Å². The van der Waals surface area contributed by atoms with Gasteiger partial charge in [0.25, 0.3) is 0 Å². The van der Waals surface area contributed by atoms with Gasteiger partial charge < -0.3 is 10.3 Å². The largest absolute Gasteiger partial charge is 0.369 e. The van der Waals surface area contributed by atoms with Crippen molar-refractivity contribution >= 4 is 38.4 Å². The molecule has 0 aliphatic rings. The second-order valence-corrected chi connectivity index (χ2v) is 8.40. The molecule has 1 aromatic heterocycles. The Morgan fingerprint density at radius 2 is 2.05 bits per heavy atom. The van der Waals surface area contributed by atoms with Crippen LogP contribution in [-0.4, -0.2) is 29.0 Å². The molecule has 0 atom stereocenters. The lowest BCUT2D eigenvalue weighted by Crippen LogP contribution is -2.36. The van der Waals surface area contributed by atoms with Crippen LogP contribution in [0.15, 0.2) is 12.1 Å². The van der Waals surface area contributed by atoms with Gasteiger partial charge in [-0.2, -0.15) is 0 Å². The summed E-state index contributed by atoms with van der Waals surface area (Å²) in [5.41, 5.74) is 6.64. The van der Waals surface area contributed by atoms with Gasteiger partial charge in [0.2, 0.25) is 5.95 Å². The van der Waals surface area contributed by atoms with Crippen LogP contribution in [0.5, 0.6) is 0 Å². The standard InChI is InChI=1S/C12H15ClFN3O2S/c1-12(2,20(3,18)19)6-17-10-4-7(13)8(14)5-9(10)16-11(17)15/h4-5H,6H2,1-3H3,(H2,15,16). The molecule has 2 rings (SSSR count). The molecule has 5 nitrogen and oxygen atoms in total. The Labute approximate surface area is 121 Å². The van der Waals surface area contributed by atoms with E-state index in [1.165, 1.54) is 16.7 Å². The van der Waals surface area contributed by atoms with Crippen LogP contribution in [0, 0.1) is 5.82 Å². The summed E-state index contributed by atoms with van der Waals surface area (Å²) in [7, 11) is -3.29. The van der Waals surface area contributed by atoms with E-state index in [1.807, 2.05) is 0 Å². The molecule has 0 aliphatic carbocycles. The molecule has 0 spiro atoms. The number of hydrogen-bond acceptors (Lipinski definition) is 4. The molecule has 8 heteroatoms. The van der Waals surface area contributed by atoms with Crippen LogP contribution in [0.4, 0.5) is 10.3 Å². The van der Waals surface area contributed by atoms with E-state index < -0.39 is 20.4 Å². The first-order chi connectivity index (χ1) is 9.03. The number of anilines is 1. The van der Waals surface area contributed by atoms with Crippen molar-refractivity contribution in [1.82, 2.24) is 9.55 Å². The third kappa shape index (κ3) is 2.47. The number of fused-ring (bicyclic) bond motifs is 1. The van der Waals surface area contributed by atoms with Gasteiger partial charge in [-0.3, -0.25) is 0 Å². The average Bonchev–Trinajstić information content (AvgIpc) is 2.55. The number of sulfone groups is 1. The van der Waals surface area contributed by atoms with E-state index >= 15 is 0 Å². The number of imidazole rings is 1. The maximum Gasteiger partial charge on any atom is 0.201 e. The Bertz CT molecular complexity index is 784. The molecule has 0 unspecified atom stereocenters. The van der Waals surface area contributed by atoms with Crippen LogP contribution in [-0.2, 0) is 16.4 Å². The zero-order valence-electron chi connectivity index (χ0n) is 11.3. The van der Waals surface area contributed by atoms with E-state index in [0.29, 0.717) is 11.0 Å². The van der Waals surface area contributed by atoms with Crippen LogP contribution in [0.25, 0.3) is 11.0 Å². The fourth-order valence-electron chi connectivity index (χ4n) is 1.80. The Morgan fingerprint density at radius 1 is 1.45 bits per heavy atom. The first-order valence-electron chi connectivity index (χ1n) is 5.83. The van der Waals surface area contributed by atoms with Crippen molar-refractivity contribution in [3.8, 4) is 0 Å². The zero-order chi connectivity index (χ0) is 15.3. The highest BCUT2D eigenvalue weighted by molar-refractivity contribution is 7.92. The lowest BCUT2D eigenvalue weighted by Gasteiger charge is -2.23. The van der Waals surface area contributed by atoms with Crippen molar-refractivity contribution in [2.45, 2.75) is 25.1 Å². The smallest absolute Gasteiger partial charge is 0.201 e. The van der Waals surface area contributed by atoms with Crippen molar-refractivity contribution in [3.05, 3.63) is 23.0 Å². The quantitative estimate of drug-likeness (QED) is 0.941. The van der Waals surface area contributed by atoms with E-state index in [1.54, 1.807) is 13.8 Å². The van der Waals surface area contributed by atoms with Crippen molar-refractivity contribution in [1.29, 1.82) is 0 Å². The predicted octanol–water partition coefficient (Wildman–Crippen LogP) is 2.23. The van der Waals surface area contributed by atoms with Gasteiger partial charge in [0, 0.05) is 18.9 Å². The molecule has 0 bridgehead atoms. The summed E-state index contributed by atoms with van der Waals surface area (Å²) in [5, 5.41) is -0.0594. The van der Waals surface area contributed by atoms with Crippen LogP contribution >= 0.6 is 11.6 Å². The summed E-state index contributed by atoms with van der Waals surface area (Å²) in [6.07, 6.45) is 1.16. The minimum atomic E-state index is -3.29. The predicted molar refractivity (Wildman–Crippen MR) is 78.0 cm³/mol. The minimum Gasteiger partial charge on any atom is -0.369 e. The molecule has 0 saturated heterocycles. The maximum atomic E-state index is 13.4. The number of benzene rings is 1. The Kier molecular flexibility index (Phi) is 3.46. The normalized spacial score (nSPS) is 13.1. The van der Waals surface area contributed by atoms with Crippen molar-refractivity contribution < 1.29 is 12.8 Å². The lowest BCUT2D eigenvalue weighted by molar-refractivity contribution is 0.511. The van der Waals surface area contributed by atoms with Gasteiger partial charge in [-0.15, -0.1) is 0 Å². The second-order valence-electron chi connectivity index (χ2n) is 5.34. The zero-order valence-corrected chi connectivity index (χ0v) is 12.9. The number of nitrogens with two attached hydrogens (primary N) is 1. The Balaban J connectivity index is 2.61. The highest BCUT2D eigenvalue weighted by Crippen LogP contribution is 2.28. The molecule has 1 heterocycles. The molecule has 1 aromatic carbocycles. The van der Waals surface area contributed by atoms with E-state index in [0.717, 1.165) is 6.26 Å². The summed E-state index contributed by atoms with van der Waals surface area (Å²) in [6, 6.07) is 2.58. The highest BCUT2D eigenvalue weighted by Gasteiger charge is 2.32. The molecule has 0 radical (unpaired) electrons. The van der Waals surface area contributed by atoms with Gasteiger partial charge in [0.05, 0.1) is 20.8 Å². The van der Waals surface area contributed by atoms with Gasteiger partial charge in [-0.05, 0) is 19.9 Å². The molecular weight excluding hydrogens is 305 g/mol. The molecule has 0 amide bonds. The minimum absolute atomic E-state index is 0.0594. The Morgan fingerprint density at radius 3 is 2.60 bits per heavy atom. The number of aromatic nitrogens is 2. The van der Waals surface area contributed by atoms with Crippen LogP contribution in [0.3, 0.4) is 0 Å². The van der Waals surface area contributed by atoms with Crippen molar-refractivity contribution in [2.75, 3.05) is 12.0 Å². The number of halogens is 2.